The fraction of sp³-hybridized carbons (Fsp3) is 0.286. The van der Waals surface area contributed by atoms with Gasteiger partial charge in [-0.15, -0.1) is 23.7 Å². The van der Waals surface area contributed by atoms with E-state index in [4.69, 9.17) is 0 Å². The molecule has 0 bridgehead atoms. The summed E-state index contributed by atoms with van der Waals surface area (Å²) >= 11 is 1.70. The van der Waals surface area contributed by atoms with E-state index in [2.05, 4.69) is 39.8 Å². The fourth-order valence-corrected chi connectivity index (χ4v) is 2.95. The molecule has 3 aromatic rings. The number of aryl methyl sites for hydroxylation is 2. The van der Waals surface area contributed by atoms with Crippen LogP contribution in [0.5, 0.6) is 0 Å². The molecule has 19 heavy (non-hydrogen) atoms. The molecule has 0 amide bonds. The molecule has 0 aromatic carbocycles. The Balaban J connectivity index is 0.00000133. The van der Waals surface area contributed by atoms with Crippen molar-refractivity contribution in [2.45, 2.75) is 27.3 Å². The molecule has 0 saturated heterocycles. The SMILES string of the molecule is Cc1nc(Cn2c(C)c(C)c3ccncc32)cs1.Cl. The van der Waals surface area contributed by atoms with Gasteiger partial charge in [0.25, 0.3) is 0 Å². The van der Waals surface area contributed by atoms with Crippen LogP contribution < -0.4 is 0 Å². The standard InChI is InChI=1S/C14H15N3S.ClH/c1-9-10(2)17(7-12-8-18-11(3)16-12)14-6-15-5-4-13(9)14;/h4-6,8H,7H2,1-3H3;1H. The second-order valence-corrected chi connectivity index (χ2v) is 5.61. The van der Waals surface area contributed by atoms with E-state index < -0.39 is 0 Å². The Morgan fingerprint density at radius 2 is 2.05 bits per heavy atom. The van der Waals surface area contributed by atoms with Gasteiger partial charge in [0, 0.05) is 22.7 Å². The summed E-state index contributed by atoms with van der Waals surface area (Å²) in [5.74, 6) is 0. The zero-order chi connectivity index (χ0) is 12.7. The number of halogens is 1. The number of pyridine rings is 1. The summed E-state index contributed by atoms with van der Waals surface area (Å²) in [5.41, 5.74) is 4.95. The first-order valence-corrected chi connectivity index (χ1v) is 6.85. The number of fused-ring (bicyclic) bond motifs is 1. The molecule has 0 saturated carbocycles. The lowest BCUT2D eigenvalue weighted by Crippen LogP contribution is -2.02. The van der Waals surface area contributed by atoms with E-state index in [0.717, 1.165) is 17.2 Å². The zero-order valence-corrected chi connectivity index (χ0v) is 12.8. The van der Waals surface area contributed by atoms with E-state index in [1.165, 1.54) is 22.2 Å². The van der Waals surface area contributed by atoms with Gasteiger partial charge in [-0.05, 0) is 32.4 Å². The minimum absolute atomic E-state index is 0. The lowest BCUT2D eigenvalue weighted by atomic mass is 10.2. The van der Waals surface area contributed by atoms with Crippen LogP contribution in [0.2, 0.25) is 0 Å². The molecule has 0 aliphatic rings. The predicted molar refractivity (Wildman–Crippen MR) is 82.4 cm³/mol. The van der Waals surface area contributed by atoms with E-state index in [0.29, 0.717) is 0 Å². The number of hydrogen-bond donors (Lipinski definition) is 0. The molecule has 3 aromatic heterocycles. The van der Waals surface area contributed by atoms with Gasteiger partial charge in [-0.1, -0.05) is 0 Å². The van der Waals surface area contributed by atoms with Gasteiger partial charge in [0.05, 0.1) is 29.0 Å². The molecule has 0 atom stereocenters. The third-order valence-electron chi connectivity index (χ3n) is 3.43. The van der Waals surface area contributed by atoms with Gasteiger partial charge in [-0.3, -0.25) is 4.98 Å². The molecule has 100 valence electrons. The van der Waals surface area contributed by atoms with E-state index in [-0.39, 0.29) is 12.4 Å². The third-order valence-corrected chi connectivity index (χ3v) is 4.25. The highest BCUT2D eigenvalue weighted by Crippen LogP contribution is 2.25. The summed E-state index contributed by atoms with van der Waals surface area (Å²) in [6.07, 6.45) is 3.79. The van der Waals surface area contributed by atoms with Crippen LogP contribution >= 0.6 is 23.7 Å². The van der Waals surface area contributed by atoms with E-state index in [1.807, 2.05) is 19.3 Å². The number of rotatable bonds is 2. The highest BCUT2D eigenvalue weighted by Gasteiger charge is 2.11. The van der Waals surface area contributed by atoms with Crippen LogP contribution in [-0.2, 0) is 6.54 Å². The van der Waals surface area contributed by atoms with Crippen LogP contribution in [0.1, 0.15) is 22.0 Å². The van der Waals surface area contributed by atoms with E-state index >= 15 is 0 Å². The van der Waals surface area contributed by atoms with Crippen LogP contribution in [0.15, 0.2) is 23.8 Å². The van der Waals surface area contributed by atoms with Gasteiger partial charge in [-0.2, -0.15) is 0 Å². The largest absolute Gasteiger partial charge is 0.337 e. The Morgan fingerprint density at radius 3 is 2.74 bits per heavy atom. The minimum Gasteiger partial charge on any atom is -0.337 e. The lowest BCUT2D eigenvalue weighted by molar-refractivity contribution is 0.779. The lowest BCUT2D eigenvalue weighted by Gasteiger charge is -2.05. The summed E-state index contributed by atoms with van der Waals surface area (Å²) < 4.78 is 2.30. The predicted octanol–water partition coefficient (Wildman–Crippen LogP) is 3.89. The molecule has 3 heterocycles. The van der Waals surface area contributed by atoms with E-state index in [1.54, 1.807) is 11.3 Å². The highest BCUT2D eigenvalue weighted by molar-refractivity contribution is 7.09. The first-order chi connectivity index (χ1) is 8.66. The zero-order valence-electron chi connectivity index (χ0n) is 11.2. The first-order valence-electron chi connectivity index (χ1n) is 5.97. The molecular weight excluding hydrogens is 278 g/mol. The average molecular weight is 294 g/mol. The van der Waals surface area contributed by atoms with Gasteiger partial charge in [0.1, 0.15) is 0 Å². The molecule has 0 aliphatic heterocycles. The summed E-state index contributed by atoms with van der Waals surface area (Å²) in [4.78, 5) is 8.78. The Labute approximate surface area is 122 Å². The number of hydrogen-bond acceptors (Lipinski definition) is 3. The normalized spacial score (nSPS) is 10.7. The maximum absolute atomic E-state index is 4.54. The third kappa shape index (κ3) is 2.38. The molecular formula is C14H16ClN3S. The number of nitrogens with zero attached hydrogens (tertiary/aromatic N) is 3. The number of aromatic nitrogens is 3. The Hall–Kier alpha value is -1.39. The second-order valence-electron chi connectivity index (χ2n) is 4.55. The maximum atomic E-state index is 4.54. The van der Waals surface area contributed by atoms with Gasteiger partial charge >= 0.3 is 0 Å². The second kappa shape index (κ2) is 5.31. The fourth-order valence-electron chi connectivity index (χ4n) is 2.34. The van der Waals surface area contributed by atoms with Gasteiger partial charge in [0.15, 0.2) is 0 Å². The van der Waals surface area contributed by atoms with Crippen molar-refractivity contribution < 1.29 is 0 Å². The van der Waals surface area contributed by atoms with Crippen LogP contribution in [0.25, 0.3) is 10.9 Å². The topological polar surface area (TPSA) is 30.7 Å². The summed E-state index contributed by atoms with van der Waals surface area (Å²) in [6, 6.07) is 2.08. The van der Waals surface area contributed by atoms with Crippen molar-refractivity contribution in [1.82, 2.24) is 14.5 Å². The molecule has 0 radical (unpaired) electrons. The Kier molecular flexibility index (Phi) is 3.92. The van der Waals surface area contributed by atoms with Crippen molar-refractivity contribution in [3.8, 4) is 0 Å². The smallest absolute Gasteiger partial charge is 0.0898 e. The average Bonchev–Trinajstić information content (AvgIpc) is 2.88. The molecule has 0 unspecified atom stereocenters. The highest BCUT2D eigenvalue weighted by atomic mass is 35.5. The van der Waals surface area contributed by atoms with E-state index in [9.17, 15) is 0 Å². The molecule has 0 N–H and O–H groups in total. The Morgan fingerprint density at radius 1 is 1.26 bits per heavy atom. The van der Waals surface area contributed by atoms with Crippen LogP contribution in [0, 0.1) is 20.8 Å². The quantitative estimate of drug-likeness (QED) is 0.718. The van der Waals surface area contributed by atoms with Crippen LogP contribution in [0.3, 0.4) is 0 Å². The first kappa shape index (κ1) is 14.0. The van der Waals surface area contributed by atoms with Gasteiger partial charge in [-0.25, -0.2) is 4.98 Å². The van der Waals surface area contributed by atoms with Crippen molar-refractivity contribution in [3.63, 3.8) is 0 Å². The maximum Gasteiger partial charge on any atom is 0.0898 e. The molecule has 3 rings (SSSR count). The summed E-state index contributed by atoms with van der Waals surface area (Å²) in [5, 5.41) is 4.54. The molecule has 3 nitrogen and oxygen atoms in total. The molecule has 0 aliphatic carbocycles. The van der Waals surface area contributed by atoms with Gasteiger partial charge in [0.2, 0.25) is 0 Å². The van der Waals surface area contributed by atoms with Gasteiger partial charge < -0.3 is 4.57 Å². The molecule has 5 heteroatoms. The van der Waals surface area contributed by atoms with Crippen LogP contribution in [-0.4, -0.2) is 14.5 Å². The van der Waals surface area contributed by atoms with Crippen molar-refractivity contribution >= 4 is 34.6 Å². The van der Waals surface area contributed by atoms with Crippen molar-refractivity contribution in [1.29, 1.82) is 0 Å². The summed E-state index contributed by atoms with van der Waals surface area (Å²) in [6.45, 7) is 7.20. The monoisotopic (exact) mass is 293 g/mol. The summed E-state index contributed by atoms with van der Waals surface area (Å²) in [7, 11) is 0. The van der Waals surface area contributed by atoms with Crippen molar-refractivity contribution in [3.05, 3.63) is 45.8 Å². The van der Waals surface area contributed by atoms with Crippen molar-refractivity contribution in [2.24, 2.45) is 0 Å². The van der Waals surface area contributed by atoms with Crippen LogP contribution in [0.4, 0.5) is 0 Å². The van der Waals surface area contributed by atoms with Crippen molar-refractivity contribution in [2.75, 3.05) is 0 Å². The molecule has 0 fully saturated rings. The molecule has 0 spiro atoms. The Bertz CT molecular complexity index is 715. The number of thiazole rings is 1. The minimum atomic E-state index is 0.